The van der Waals surface area contributed by atoms with Crippen molar-refractivity contribution in [2.75, 3.05) is 5.01 Å². The Morgan fingerprint density at radius 2 is 1.92 bits per heavy atom. The van der Waals surface area contributed by atoms with Crippen LogP contribution in [0.2, 0.25) is 0 Å². The molecule has 1 aliphatic carbocycles. The summed E-state index contributed by atoms with van der Waals surface area (Å²) in [6.07, 6.45) is 7.58. The molecule has 0 aliphatic heterocycles. The number of hydrogen-bond acceptors (Lipinski definition) is 7. The first-order valence-corrected chi connectivity index (χ1v) is 8.50. The predicted molar refractivity (Wildman–Crippen MR) is 94.6 cm³/mol. The van der Waals surface area contributed by atoms with E-state index in [-0.39, 0.29) is 17.8 Å². The standard InChI is InChI=1S/C17H18N6O3/c24-15-6-4-13(5-7-15)21(17-18-8-1-9-19-17)22-16-10-14(23(25)26)3-2-12(16)11-20-22/h1-3,8-11,13,15,24H,4-7H2. The fourth-order valence-electron chi connectivity index (χ4n) is 3.39. The number of fused-ring (bicyclic) bond motifs is 1. The highest BCUT2D eigenvalue weighted by molar-refractivity contribution is 5.81. The molecule has 2 aromatic heterocycles. The zero-order chi connectivity index (χ0) is 18.1. The summed E-state index contributed by atoms with van der Waals surface area (Å²) in [5.41, 5.74) is 0.630. The highest BCUT2D eigenvalue weighted by Gasteiger charge is 2.29. The van der Waals surface area contributed by atoms with Crippen LogP contribution >= 0.6 is 0 Å². The zero-order valence-corrected chi connectivity index (χ0v) is 14.0. The maximum absolute atomic E-state index is 11.2. The van der Waals surface area contributed by atoms with Crippen LogP contribution in [0.5, 0.6) is 0 Å². The summed E-state index contributed by atoms with van der Waals surface area (Å²) in [7, 11) is 0. The third-order valence-electron chi connectivity index (χ3n) is 4.72. The molecule has 0 radical (unpaired) electrons. The van der Waals surface area contributed by atoms with Crippen LogP contribution in [0.4, 0.5) is 11.6 Å². The van der Waals surface area contributed by atoms with Crippen molar-refractivity contribution in [3.63, 3.8) is 0 Å². The lowest BCUT2D eigenvalue weighted by Gasteiger charge is -2.35. The quantitative estimate of drug-likeness (QED) is 0.565. The largest absolute Gasteiger partial charge is 0.393 e. The van der Waals surface area contributed by atoms with E-state index in [4.69, 9.17) is 0 Å². The molecule has 9 nitrogen and oxygen atoms in total. The number of nitro groups is 1. The van der Waals surface area contributed by atoms with Crippen molar-refractivity contribution in [1.29, 1.82) is 0 Å². The average molecular weight is 354 g/mol. The molecular weight excluding hydrogens is 336 g/mol. The minimum atomic E-state index is -0.420. The molecule has 26 heavy (non-hydrogen) atoms. The molecule has 1 N–H and O–H groups in total. The van der Waals surface area contributed by atoms with Gasteiger partial charge in [-0.1, -0.05) is 0 Å². The molecule has 134 valence electrons. The van der Waals surface area contributed by atoms with Crippen LogP contribution in [-0.4, -0.2) is 42.0 Å². The van der Waals surface area contributed by atoms with Gasteiger partial charge in [-0.05, 0) is 37.8 Å². The van der Waals surface area contributed by atoms with Crippen molar-refractivity contribution in [3.05, 3.63) is 53.0 Å². The predicted octanol–water partition coefficient (Wildman–Crippen LogP) is 2.31. The fraction of sp³-hybridized carbons (Fsp3) is 0.353. The van der Waals surface area contributed by atoms with Crippen molar-refractivity contribution < 1.29 is 10.0 Å². The first-order valence-electron chi connectivity index (χ1n) is 8.50. The van der Waals surface area contributed by atoms with Crippen LogP contribution < -0.4 is 5.01 Å². The highest BCUT2D eigenvalue weighted by Crippen LogP contribution is 2.29. The Hall–Kier alpha value is -3.07. The van der Waals surface area contributed by atoms with E-state index in [1.807, 2.05) is 5.01 Å². The molecule has 1 aliphatic rings. The van der Waals surface area contributed by atoms with Crippen LogP contribution in [-0.2, 0) is 0 Å². The lowest BCUT2D eigenvalue weighted by Crippen LogP contribution is -2.44. The topological polar surface area (TPSA) is 110 Å². The normalized spacial score (nSPS) is 20.2. The van der Waals surface area contributed by atoms with Crippen molar-refractivity contribution >= 4 is 22.5 Å². The molecule has 0 spiro atoms. The van der Waals surface area contributed by atoms with Gasteiger partial charge in [-0.3, -0.25) is 10.1 Å². The Morgan fingerprint density at radius 1 is 1.19 bits per heavy atom. The van der Waals surface area contributed by atoms with E-state index in [2.05, 4.69) is 15.1 Å². The molecule has 9 heteroatoms. The number of nitro benzene ring substituents is 1. The van der Waals surface area contributed by atoms with Gasteiger partial charge in [0.2, 0.25) is 5.95 Å². The van der Waals surface area contributed by atoms with Crippen molar-refractivity contribution in [1.82, 2.24) is 19.9 Å². The summed E-state index contributed by atoms with van der Waals surface area (Å²) in [6.45, 7) is 0. The van der Waals surface area contributed by atoms with Crippen LogP contribution in [0.1, 0.15) is 25.7 Å². The van der Waals surface area contributed by atoms with Crippen molar-refractivity contribution in [3.8, 4) is 0 Å². The van der Waals surface area contributed by atoms with Crippen LogP contribution in [0.3, 0.4) is 0 Å². The van der Waals surface area contributed by atoms with Gasteiger partial charge in [0.1, 0.15) is 0 Å². The van der Waals surface area contributed by atoms with Crippen LogP contribution in [0.25, 0.3) is 10.9 Å². The molecule has 0 amide bonds. The van der Waals surface area contributed by atoms with Gasteiger partial charge >= 0.3 is 0 Å². The van der Waals surface area contributed by atoms with Crippen LogP contribution in [0, 0.1) is 10.1 Å². The third kappa shape index (κ3) is 2.97. The number of non-ortho nitro benzene ring substituents is 1. The minimum Gasteiger partial charge on any atom is -0.393 e. The van der Waals surface area contributed by atoms with E-state index in [1.54, 1.807) is 35.5 Å². The Kier molecular flexibility index (Phi) is 4.21. The number of nitrogens with zero attached hydrogens (tertiary/aromatic N) is 6. The Balaban J connectivity index is 1.82. The van der Waals surface area contributed by atoms with Gasteiger partial charge in [0, 0.05) is 29.9 Å². The second kappa shape index (κ2) is 6.68. The number of aliphatic hydroxyl groups excluding tert-OH is 1. The lowest BCUT2D eigenvalue weighted by atomic mass is 9.93. The average Bonchev–Trinajstić information content (AvgIpc) is 3.07. The first kappa shape index (κ1) is 16.4. The van der Waals surface area contributed by atoms with E-state index in [9.17, 15) is 15.2 Å². The monoisotopic (exact) mass is 354 g/mol. The summed E-state index contributed by atoms with van der Waals surface area (Å²) < 4.78 is 0. The van der Waals surface area contributed by atoms with E-state index in [1.165, 1.54) is 12.1 Å². The molecule has 0 atom stereocenters. The Bertz CT molecular complexity index is 921. The molecule has 4 rings (SSSR count). The molecule has 0 saturated heterocycles. The van der Waals surface area contributed by atoms with Gasteiger partial charge in [-0.2, -0.15) is 9.89 Å². The molecular formula is C17H18N6O3. The summed E-state index contributed by atoms with van der Waals surface area (Å²) >= 11 is 0. The third-order valence-corrected chi connectivity index (χ3v) is 4.72. The number of aliphatic hydroxyl groups is 1. The van der Waals surface area contributed by atoms with Gasteiger partial charge in [-0.15, -0.1) is 0 Å². The summed E-state index contributed by atoms with van der Waals surface area (Å²) in [6, 6.07) is 6.44. The molecule has 1 aromatic carbocycles. The van der Waals surface area contributed by atoms with Gasteiger partial charge in [0.15, 0.2) is 0 Å². The van der Waals surface area contributed by atoms with Gasteiger partial charge in [0.05, 0.1) is 28.8 Å². The smallest absolute Gasteiger partial charge is 0.271 e. The first-order chi connectivity index (χ1) is 12.6. The van der Waals surface area contributed by atoms with Gasteiger partial charge in [-0.25, -0.2) is 15.0 Å². The molecule has 0 bridgehead atoms. The Morgan fingerprint density at radius 3 is 2.62 bits per heavy atom. The van der Waals surface area contributed by atoms with Crippen molar-refractivity contribution in [2.45, 2.75) is 37.8 Å². The highest BCUT2D eigenvalue weighted by atomic mass is 16.6. The number of aromatic nitrogens is 4. The minimum absolute atomic E-state index is 0.00671. The maximum atomic E-state index is 11.2. The van der Waals surface area contributed by atoms with E-state index in [0.29, 0.717) is 24.3 Å². The van der Waals surface area contributed by atoms with E-state index >= 15 is 0 Å². The summed E-state index contributed by atoms with van der Waals surface area (Å²) in [5.74, 6) is 0.477. The number of anilines is 1. The van der Waals surface area contributed by atoms with Crippen molar-refractivity contribution in [2.24, 2.45) is 0 Å². The van der Waals surface area contributed by atoms with E-state index in [0.717, 1.165) is 18.2 Å². The SMILES string of the molecule is O=[N+]([O-])c1ccc2cnn(N(c3ncccn3)C3CCC(O)CC3)c2c1. The number of benzene rings is 1. The lowest BCUT2D eigenvalue weighted by molar-refractivity contribution is -0.384. The Labute approximate surface area is 149 Å². The summed E-state index contributed by atoms with van der Waals surface area (Å²) in [5, 5.41) is 28.1. The second-order valence-corrected chi connectivity index (χ2v) is 6.39. The fourth-order valence-corrected chi connectivity index (χ4v) is 3.39. The number of hydrogen-bond donors (Lipinski definition) is 1. The van der Waals surface area contributed by atoms with Gasteiger partial charge < -0.3 is 5.11 Å². The zero-order valence-electron chi connectivity index (χ0n) is 14.0. The van der Waals surface area contributed by atoms with Crippen LogP contribution in [0.15, 0.2) is 42.9 Å². The maximum Gasteiger partial charge on any atom is 0.271 e. The molecule has 1 fully saturated rings. The molecule has 2 heterocycles. The number of rotatable bonds is 4. The molecule has 0 unspecified atom stereocenters. The van der Waals surface area contributed by atoms with E-state index < -0.39 is 4.92 Å². The second-order valence-electron chi connectivity index (χ2n) is 6.39. The molecule has 3 aromatic rings. The summed E-state index contributed by atoms with van der Waals surface area (Å²) in [4.78, 5) is 21.1. The molecule has 1 saturated carbocycles. The van der Waals surface area contributed by atoms with Gasteiger partial charge in [0.25, 0.3) is 5.69 Å².